The summed E-state index contributed by atoms with van der Waals surface area (Å²) >= 11 is 18.0. The highest BCUT2D eigenvalue weighted by Crippen LogP contribution is 2.28. The summed E-state index contributed by atoms with van der Waals surface area (Å²) < 4.78 is 42.9. The van der Waals surface area contributed by atoms with E-state index in [4.69, 9.17) is 54.5 Å². The monoisotopic (exact) mass is 780 g/mol. The standard InChI is InChI=1S/C20H16Cl2FNO3.C20H17ClFNO3/c1-12-6-15(20(25)26)10-24(12)9-14-7-16(21)4-5-19(14)27-11-13-2-3-17(22)8-18(13)23;1-13-8-16(20(24)25)11-23(13)10-15-9-17(21)6-7-19(15)26-12-14-4-2-3-5-18(14)22/h2-8,10H,9,11H2,1H3,(H,25,26);2-9,11H,10,12H2,1H3,(H,24,25). The van der Waals surface area contributed by atoms with E-state index in [1.54, 1.807) is 95.8 Å². The van der Waals surface area contributed by atoms with Crippen LogP contribution in [0.25, 0.3) is 0 Å². The number of carbonyl (C=O) groups is 2. The first-order valence-electron chi connectivity index (χ1n) is 16.1. The second kappa shape index (κ2) is 17.5. The van der Waals surface area contributed by atoms with E-state index in [0.29, 0.717) is 50.8 Å². The molecule has 0 spiro atoms. The van der Waals surface area contributed by atoms with Crippen LogP contribution in [0, 0.1) is 25.5 Å². The Morgan fingerprint density at radius 1 is 0.585 bits per heavy atom. The van der Waals surface area contributed by atoms with Gasteiger partial charge in [-0.1, -0.05) is 59.1 Å². The van der Waals surface area contributed by atoms with Crippen molar-refractivity contribution in [1.82, 2.24) is 9.13 Å². The van der Waals surface area contributed by atoms with Crippen molar-refractivity contribution in [3.63, 3.8) is 0 Å². The van der Waals surface area contributed by atoms with E-state index in [0.717, 1.165) is 22.5 Å². The summed E-state index contributed by atoms with van der Waals surface area (Å²) in [6, 6.07) is 24.4. The van der Waals surface area contributed by atoms with Crippen LogP contribution >= 0.6 is 34.8 Å². The van der Waals surface area contributed by atoms with Crippen LogP contribution in [-0.2, 0) is 26.3 Å². The molecule has 0 aliphatic rings. The fourth-order valence-electron chi connectivity index (χ4n) is 5.36. The van der Waals surface area contributed by atoms with Crippen molar-refractivity contribution in [2.75, 3.05) is 0 Å². The lowest BCUT2D eigenvalue weighted by molar-refractivity contribution is 0.0686. The lowest BCUT2D eigenvalue weighted by Gasteiger charge is -2.14. The van der Waals surface area contributed by atoms with E-state index in [-0.39, 0.29) is 30.2 Å². The Morgan fingerprint density at radius 3 is 1.45 bits per heavy atom. The quantitative estimate of drug-likeness (QED) is 0.128. The van der Waals surface area contributed by atoms with E-state index in [2.05, 4.69) is 0 Å². The molecule has 4 aromatic carbocycles. The van der Waals surface area contributed by atoms with E-state index >= 15 is 0 Å². The molecule has 8 nitrogen and oxygen atoms in total. The lowest BCUT2D eigenvalue weighted by atomic mass is 10.2. The van der Waals surface area contributed by atoms with Gasteiger partial charge in [-0.25, -0.2) is 18.4 Å². The van der Waals surface area contributed by atoms with E-state index in [1.165, 1.54) is 12.1 Å². The minimum Gasteiger partial charge on any atom is -0.488 e. The molecule has 0 saturated carbocycles. The summed E-state index contributed by atoms with van der Waals surface area (Å²) in [5.74, 6) is -1.62. The zero-order valence-corrected chi connectivity index (χ0v) is 30.7. The Labute approximate surface area is 319 Å². The van der Waals surface area contributed by atoms with Crippen LogP contribution in [0.2, 0.25) is 15.1 Å². The number of hydrogen-bond donors (Lipinski definition) is 2. The van der Waals surface area contributed by atoms with Crippen molar-refractivity contribution in [2.24, 2.45) is 0 Å². The van der Waals surface area contributed by atoms with Crippen molar-refractivity contribution in [3.05, 3.63) is 175 Å². The maximum atomic E-state index is 14.0. The number of carboxylic acids is 2. The minimum atomic E-state index is -0.988. The maximum Gasteiger partial charge on any atom is 0.337 e. The van der Waals surface area contributed by atoms with Gasteiger partial charge in [0.15, 0.2) is 0 Å². The molecule has 2 heterocycles. The van der Waals surface area contributed by atoms with Gasteiger partial charge in [-0.05, 0) is 80.6 Å². The third-order valence-corrected chi connectivity index (χ3v) is 8.89. The van der Waals surface area contributed by atoms with Gasteiger partial charge < -0.3 is 28.8 Å². The summed E-state index contributed by atoms with van der Waals surface area (Å²) in [5.41, 5.74) is 4.41. The summed E-state index contributed by atoms with van der Waals surface area (Å²) in [6.45, 7) is 4.54. The first-order valence-corrected chi connectivity index (χ1v) is 17.2. The number of benzene rings is 4. The van der Waals surface area contributed by atoms with E-state index in [1.807, 2.05) is 18.4 Å². The molecular weight excluding hydrogens is 749 g/mol. The molecule has 6 rings (SSSR count). The molecule has 6 aromatic rings. The van der Waals surface area contributed by atoms with Gasteiger partial charge in [-0.15, -0.1) is 0 Å². The Hall–Kier alpha value is -5.29. The number of aryl methyl sites for hydroxylation is 2. The van der Waals surface area contributed by atoms with Crippen LogP contribution in [0.3, 0.4) is 0 Å². The van der Waals surface area contributed by atoms with Crippen LogP contribution in [0.15, 0.2) is 103 Å². The van der Waals surface area contributed by atoms with Crippen molar-refractivity contribution in [2.45, 2.75) is 40.2 Å². The third kappa shape index (κ3) is 10.4. The highest BCUT2D eigenvalue weighted by molar-refractivity contribution is 6.31. The predicted molar refractivity (Wildman–Crippen MR) is 200 cm³/mol. The van der Waals surface area contributed by atoms with Crippen molar-refractivity contribution in [1.29, 1.82) is 0 Å². The van der Waals surface area contributed by atoms with Gasteiger partial charge in [0, 0.05) is 61.1 Å². The number of ether oxygens (including phenoxy) is 2. The largest absolute Gasteiger partial charge is 0.488 e. The number of aromatic carboxylic acids is 2. The van der Waals surface area contributed by atoms with Gasteiger partial charge in [0.1, 0.15) is 36.3 Å². The van der Waals surface area contributed by atoms with Crippen LogP contribution in [0.4, 0.5) is 8.78 Å². The SMILES string of the molecule is Cc1cc(C(=O)O)cn1Cc1cc(Cl)ccc1OCc1ccc(Cl)cc1F.Cc1cc(C(=O)O)cn1Cc1cc(Cl)ccc1OCc1ccccc1F. The smallest absolute Gasteiger partial charge is 0.337 e. The Morgan fingerprint density at radius 2 is 1.02 bits per heavy atom. The van der Waals surface area contributed by atoms with Crippen LogP contribution in [0.5, 0.6) is 11.5 Å². The van der Waals surface area contributed by atoms with Gasteiger partial charge in [-0.3, -0.25) is 0 Å². The van der Waals surface area contributed by atoms with Gasteiger partial charge >= 0.3 is 11.9 Å². The van der Waals surface area contributed by atoms with E-state index < -0.39 is 17.8 Å². The maximum absolute atomic E-state index is 14.0. The first-order chi connectivity index (χ1) is 25.3. The van der Waals surface area contributed by atoms with Crippen molar-refractivity contribution < 1.29 is 38.1 Å². The summed E-state index contributed by atoms with van der Waals surface area (Å²) in [4.78, 5) is 22.3. The number of hydrogen-bond acceptors (Lipinski definition) is 4. The Kier molecular flexibility index (Phi) is 12.8. The molecule has 0 aliphatic carbocycles. The van der Waals surface area contributed by atoms with Crippen molar-refractivity contribution in [3.8, 4) is 11.5 Å². The van der Waals surface area contributed by atoms with Gasteiger partial charge in [-0.2, -0.15) is 0 Å². The molecule has 53 heavy (non-hydrogen) atoms. The van der Waals surface area contributed by atoms with Crippen LogP contribution in [0.1, 0.15) is 54.4 Å². The average Bonchev–Trinajstić information content (AvgIpc) is 3.67. The number of carboxylic acid groups (broad SMARTS) is 2. The molecule has 2 aromatic heterocycles. The molecule has 274 valence electrons. The molecule has 0 atom stereocenters. The average molecular weight is 782 g/mol. The molecule has 0 radical (unpaired) electrons. The number of nitrogens with zero attached hydrogens (tertiary/aromatic N) is 2. The topological polar surface area (TPSA) is 103 Å². The molecule has 0 bridgehead atoms. The number of rotatable bonds is 12. The molecule has 0 fully saturated rings. The first kappa shape index (κ1) is 38.9. The second-order valence-corrected chi connectivity index (χ2v) is 13.3. The molecule has 0 unspecified atom stereocenters. The number of aromatic nitrogens is 2. The zero-order chi connectivity index (χ0) is 38.2. The minimum absolute atomic E-state index is 0.0304. The predicted octanol–water partition coefficient (Wildman–Crippen LogP) is 10.5. The van der Waals surface area contributed by atoms with E-state index in [9.17, 15) is 18.4 Å². The summed E-state index contributed by atoms with van der Waals surface area (Å²) in [6.07, 6.45) is 3.13. The molecular formula is C40H33Cl3F2N2O6. The Bertz CT molecular complexity index is 2270. The van der Waals surface area contributed by atoms with Gasteiger partial charge in [0.25, 0.3) is 0 Å². The van der Waals surface area contributed by atoms with Crippen LogP contribution < -0.4 is 9.47 Å². The van der Waals surface area contributed by atoms with Gasteiger partial charge in [0.05, 0.1) is 24.2 Å². The molecule has 0 saturated heterocycles. The van der Waals surface area contributed by atoms with Gasteiger partial charge in [0.2, 0.25) is 0 Å². The highest BCUT2D eigenvalue weighted by Gasteiger charge is 2.14. The van der Waals surface area contributed by atoms with Crippen LogP contribution in [-0.4, -0.2) is 31.3 Å². The molecule has 13 heteroatoms. The molecule has 0 amide bonds. The molecule has 2 N–H and O–H groups in total. The third-order valence-electron chi connectivity index (χ3n) is 8.18. The highest BCUT2D eigenvalue weighted by atomic mass is 35.5. The zero-order valence-electron chi connectivity index (χ0n) is 28.5. The fraction of sp³-hybridized carbons (Fsp3) is 0.150. The Balaban J connectivity index is 0.000000204. The summed E-state index contributed by atoms with van der Waals surface area (Å²) in [7, 11) is 0. The second-order valence-electron chi connectivity index (χ2n) is 12.0. The fourth-order valence-corrected chi connectivity index (χ4v) is 5.91. The van der Waals surface area contributed by atoms with Crippen molar-refractivity contribution >= 4 is 46.7 Å². The molecule has 0 aliphatic heterocycles. The summed E-state index contributed by atoms with van der Waals surface area (Å²) in [5, 5.41) is 19.7. The normalized spacial score (nSPS) is 10.8. The lowest BCUT2D eigenvalue weighted by Crippen LogP contribution is -2.05. The number of halogens is 5.